The minimum Gasteiger partial charge on any atom is -0.485 e. The van der Waals surface area contributed by atoms with Crippen LogP contribution in [0.4, 0.5) is 0 Å². The molecule has 0 bridgehead atoms. The lowest BCUT2D eigenvalue weighted by Crippen LogP contribution is -2.11. The summed E-state index contributed by atoms with van der Waals surface area (Å²) in [6, 6.07) is 6.00. The third kappa shape index (κ3) is 3.12. The Morgan fingerprint density at radius 3 is 2.84 bits per heavy atom. The number of benzene rings is 1. The maximum absolute atomic E-state index is 9.33. The zero-order chi connectivity index (χ0) is 13.8. The van der Waals surface area contributed by atoms with Crippen molar-refractivity contribution in [3.05, 3.63) is 41.5 Å². The van der Waals surface area contributed by atoms with E-state index >= 15 is 0 Å². The number of aryl methyl sites for hydroxylation is 1. The minimum atomic E-state index is -0.0338. The van der Waals surface area contributed by atoms with Gasteiger partial charge in [-0.15, -0.1) is 0 Å². The van der Waals surface area contributed by atoms with Gasteiger partial charge in [0.1, 0.15) is 18.7 Å². The van der Waals surface area contributed by atoms with Gasteiger partial charge >= 0.3 is 0 Å². The Balaban J connectivity index is 2.12. The van der Waals surface area contributed by atoms with E-state index in [0.717, 1.165) is 17.0 Å². The van der Waals surface area contributed by atoms with E-state index in [4.69, 9.17) is 4.74 Å². The average Bonchev–Trinajstić information content (AvgIpc) is 2.85. The third-order valence-corrected chi connectivity index (χ3v) is 2.88. The van der Waals surface area contributed by atoms with Crippen molar-refractivity contribution >= 4 is 0 Å². The summed E-state index contributed by atoms with van der Waals surface area (Å²) in [6.45, 7) is 6.38. The summed E-state index contributed by atoms with van der Waals surface area (Å²) in [5.41, 5.74) is 1.89. The molecule has 2 aromatic rings. The molecule has 0 atom stereocenters. The molecule has 0 radical (unpaired) electrons. The predicted octanol–water partition coefficient (Wildman–Crippen LogP) is 2.24. The van der Waals surface area contributed by atoms with Crippen LogP contribution >= 0.6 is 0 Å². The van der Waals surface area contributed by atoms with Crippen LogP contribution in [0.25, 0.3) is 0 Å². The van der Waals surface area contributed by atoms with Crippen LogP contribution in [0.15, 0.2) is 24.5 Å². The van der Waals surface area contributed by atoms with Crippen LogP contribution in [0.2, 0.25) is 0 Å². The lowest BCUT2D eigenvalue weighted by molar-refractivity contribution is 0.251. The summed E-state index contributed by atoms with van der Waals surface area (Å²) >= 11 is 0. The molecule has 0 saturated heterocycles. The fourth-order valence-electron chi connectivity index (χ4n) is 1.92. The van der Waals surface area contributed by atoms with Gasteiger partial charge in [0.2, 0.25) is 0 Å². The van der Waals surface area contributed by atoms with Gasteiger partial charge in [0.15, 0.2) is 5.82 Å². The van der Waals surface area contributed by atoms with Crippen LogP contribution in [0.1, 0.15) is 36.8 Å². The standard InChI is InChI=1S/C14H19N3O2/c1-10(2)17-14(15-9-16-17)8-19-13-5-4-11(3)6-12(13)7-18/h4-6,9-10,18H,7-8H2,1-3H3. The molecule has 102 valence electrons. The summed E-state index contributed by atoms with van der Waals surface area (Å²) in [4.78, 5) is 4.19. The Bertz CT molecular complexity index is 549. The molecule has 0 aliphatic carbocycles. The fraction of sp³-hybridized carbons (Fsp3) is 0.429. The number of hydrogen-bond donors (Lipinski definition) is 1. The average molecular weight is 261 g/mol. The summed E-state index contributed by atoms with van der Waals surface area (Å²) in [7, 11) is 0. The summed E-state index contributed by atoms with van der Waals surface area (Å²) in [6.07, 6.45) is 1.53. The van der Waals surface area contributed by atoms with Gasteiger partial charge in [0.05, 0.1) is 6.61 Å². The Labute approximate surface area is 112 Å². The number of ether oxygens (including phenoxy) is 1. The zero-order valence-electron chi connectivity index (χ0n) is 11.5. The van der Waals surface area contributed by atoms with Crippen LogP contribution in [0.3, 0.4) is 0 Å². The van der Waals surface area contributed by atoms with E-state index in [2.05, 4.69) is 10.1 Å². The Hall–Kier alpha value is -1.88. The number of rotatable bonds is 5. The van der Waals surface area contributed by atoms with Crippen molar-refractivity contribution in [3.63, 3.8) is 0 Å². The summed E-state index contributed by atoms with van der Waals surface area (Å²) in [5.74, 6) is 1.46. The predicted molar refractivity (Wildman–Crippen MR) is 71.8 cm³/mol. The first-order chi connectivity index (χ1) is 9.11. The molecular weight excluding hydrogens is 242 g/mol. The molecule has 5 nitrogen and oxygen atoms in total. The summed E-state index contributed by atoms with van der Waals surface area (Å²) < 4.78 is 7.56. The molecule has 5 heteroatoms. The van der Waals surface area contributed by atoms with Crippen LogP contribution in [0, 0.1) is 6.92 Å². The van der Waals surface area contributed by atoms with E-state index in [1.807, 2.05) is 43.7 Å². The number of nitrogens with zero attached hydrogens (tertiary/aromatic N) is 3. The van der Waals surface area contributed by atoms with E-state index in [0.29, 0.717) is 12.4 Å². The Morgan fingerprint density at radius 1 is 1.37 bits per heavy atom. The maximum Gasteiger partial charge on any atom is 0.165 e. The van der Waals surface area contributed by atoms with Gasteiger partial charge < -0.3 is 9.84 Å². The van der Waals surface area contributed by atoms with E-state index in [-0.39, 0.29) is 12.6 Å². The zero-order valence-corrected chi connectivity index (χ0v) is 11.5. The van der Waals surface area contributed by atoms with Gasteiger partial charge in [0.25, 0.3) is 0 Å². The molecule has 0 aliphatic heterocycles. The molecule has 0 amide bonds. The van der Waals surface area contributed by atoms with Crippen molar-refractivity contribution in [1.29, 1.82) is 0 Å². The van der Waals surface area contributed by atoms with Gasteiger partial charge in [-0.2, -0.15) is 5.10 Å². The molecule has 19 heavy (non-hydrogen) atoms. The lowest BCUT2D eigenvalue weighted by Gasteiger charge is -2.12. The first kappa shape index (κ1) is 13.5. The largest absolute Gasteiger partial charge is 0.485 e. The monoisotopic (exact) mass is 261 g/mol. The SMILES string of the molecule is Cc1ccc(OCc2ncnn2C(C)C)c(CO)c1. The van der Waals surface area contributed by atoms with Crippen LogP contribution < -0.4 is 4.74 Å². The number of hydrogen-bond acceptors (Lipinski definition) is 4. The van der Waals surface area contributed by atoms with E-state index in [1.165, 1.54) is 6.33 Å². The van der Waals surface area contributed by atoms with E-state index in [9.17, 15) is 5.11 Å². The topological polar surface area (TPSA) is 60.2 Å². The van der Waals surface area contributed by atoms with Crippen LogP contribution in [-0.4, -0.2) is 19.9 Å². The van der Waals surface area contributed by atoms with Gasteiger partial charge in [-0.25, -0.2) is 9.67 Å². The van der Waals surface area contributed by atoms with Crippen molar-refractivity contribution in [2.75, 3.05) is 0 Å². The van der Waals surface area contributed by atoms with Gasteiger partial charge in [-0.1, -0.05) is 17.7 Å². The highest BCUT2D eigenvalue weighted by Crippen LogP contribution is 2.21. The Morgan fingerprint density at radius 2 is 2.16 bits per heavy atom. The molecule has 0 fully saturated rings. The van der Waals surface area contributed by atoms with Crippen molar-refractivity contribution in [2.45, 2.75) is 40.0 Å². The second kappa shape index (κ2) is 5.84. The molecule has 1 N–H and O–H groups in total. The number of aromatic nitrogens is 3. The second-order valence-corrected chi connectivity index (χ2v) is 4.77. The number of aliphatic hydroxyl groups excluding tert-OH is 1. The summed E-state index contributed by atoms with van der Waals surface area (Å²) in [5, 5.41) is 13.5. The molecule has 1 aromatic carbocycles. The Kier molecular flexibility index (Phi) is 4.16. The van der Waals surface area contributed by atoms with E-state index in [1.54, 1.807) is 0 Å². The van der Waals surface area contributed by atoms with Crippen LogP contribution in [-0.2, 0) is 13.2 Å². The molecule has 1 aromatic heterocycles. The van der Waals surface area contributed by atoms with Crippen molar-refractivity contribution in [1.82, 2.24) is 14.8 Å². The van der Waals surface area contributed by atoms with Crippen LogP contribution in [0.5, 0.6) is 5.75 Å². The molecule has 0 aliphatic rings. The second-order valence-electron chi connectivity index (χ2n) is 4.77. The minimum absolute atomic E-state index is 0.0338. The first-order valence-corrected chi connectivity index (χ1v) is 6.33. The molecule has 0 spiro atoms. The normalized spacial score (nSPS) is 11.0. The highest BCUT2D eigenvalue weighted by molar-refractivity contribution is 5.36. The maximum atomic E-state index is 9.33. The van der Waals surface area contributed by atoms with E-state index < -0.39 is 0 Å². The first-order valence-electron chi connectivity index (χ1n) is 6.33. The quantitative estimate of drug-likeness (QED) is 0.896. The smallest absolute Gasteiger partial charge is 0.165 e. The highest BCUT2D eigenvalue weighted by Gasteiger charge is 2.09. The number of aliphatic hydroxyl groups is 1. The van der Waals surface area contributed by atoms with Crippen molar-refractivity contribution in [3.8, 4) is 5.75 Å². The van der Waals surface area contributed by atoms with Crippen molar-refractivity contribution in [2.24, 2.45) is 0 Å². The van der Waals surface area contributed by atoms with Gasteiger partial charge in [-0.05, 0) is 26.8 Å². The highest BCUT2D eigenvalue weighted by atomic mass is 16.5. The molecule has 0 unspecified atom stereocenters. The molecule has 0 saturated carbocycles. The third-order valence-electron chi connectivity index (χ3n) is 2.88. The molecule has 1 heterocycles. The molecule has 2 rings (SSSR count). The van der Waals surface area contributed by atoms with Gasteiger partial charge in [0, 0.05) is 11.6 Å². The van der Waals surface area contributed by atoms with Gasteiger partial charge in [-0.3, -0.25) is 0 Å². The van der Waals surface area contributed by atoms with Crippen molar-refractivity contribution < 1.29 is 9.84 Å². The lowest BCUT2D eigenvalue weighted by atomic mass is 10.1. The fourth-order valence-corrected chi connectivity index (χ4v) is 1.92. The molecular formula is C14H19N3O2.